The van der Waals surface area contributed by atoms with Crippen LogP contribution in [0.15, 0.2) is 45.3 Å². The lowest BCUT2D eigenvalue weighted by Crippen LogP contribution is -2.24. The molecule has 134 valence electrons. The van der Waals surface area contributed by atoms with Crippen LogP contribution in [0.5, 0.6) is 0 Å². The fraction of sp³-hybridized carbons (Fsp3) is 0.188. The molecule has 0 bridgehead atoms. The van der Waals surface area contributed by atoms with Gasteiger partial charge in [-0.3, -0.25) is 14.9 Å². The lowest BCUT2D eigenvalue weighted by atomic mass is 10.1. The van der Waals surface area contributed by atoms with Crippen molar-refractivity contribution in [2.75, 3.05) is 17.6 Å². The van der Waals surface area contributed by atoms with Gasteiger partial charge in [-0.15, -0.1) is 10.2 Å². The lowest BCUT2D eigenvalue weighted by molar-refractivity contribution is -0.118. The topological polar surface area (TPSA) is 110 Å². The Kier molecular flexibility index (Phi) is 5.97. The van der Waals surface area contributed by atoms with Gasteiger partial charge in [-0.2, -0.15) is 0 Å². The second-order valence-electron chi connectivity index (χ2n) is 5.01. The second-order valence-corrected chi connectivity index (χ2v) is 7.21. The summed E-state index contributed by atoms with van der Waals surface area (Å²) in [6.07, 6.45) is 0. The summed E-state index contributed by atoms with van der Waals surface area (Å²) in [6.45, 7) is 2.44. The highest BCUT2D eigenvalue weighted by Crippen LogP contribution is 2.26. The molecule has 0 saturated heterocycles. The highest BCUT2D eigenvalue weighted by atomic mass is 32.2. The van der Waals surface area contributed by atoms with Gasteiger partial charge in [-0.1, -0.05) is 58.6 Å². The summed E-state index contributed by atoms with van der Waals surface area (Å²) in [7, 11) is 0. The fourth-order valence-corrected chi connectivity index (χ4v) is 3.55. The monoisotopic (exact) mass is 389 g/mol. The van der Waals surface area contributed by atoms with E-state index in [0.29, 0.717) is 21.8 Å². The van der Waals surface area contributed by atoms with Gasteiger partial charge in [-0.05, 0) is 6.92 Å². The number of thioether (sulfide) groups is 1. The Labute approximate surface area is 157 Å². The molecule has 3 rings (SSSR count). The van der Waals surface area contributed by atoms with Gasteiger partial charge < -0.3 is 9.84 Å². The number of aromatic nitrogens is 3. The molecule has 0 aliphatic heterocycles. The molecule has 2 amide bonds. The molecule has 10 heteroatoms. The van der Waals surface area contributed by atoms with E-state index in [1.54, 1.807) is 6.07 Å². The zero-order valence-corrected chi connectivity index (χ0v) is 15.4. The van der Waals surface area contributed by atoms with Crippen molar-refractivity contribution < 1.29 is 14.1 Å². The summed E-state index contributed by atoms with van der Waals surface area (Å²) in [5.74, 6) is 0.244. The maximum Gasteiger partial charge on any atom is 0.279 e. The van der Waals surface area contributed by atoms with E-state index in [2.05, 4.69) is 26.0 Å². The van der Waals surface area contributed by atoms with Gasteiger partial charge in [0.05, 0.1) is 5.75 Å². The summed E-state index contributed by atoms with van der Waals surface area (Å²) < 4.78 is 5.80. The zero-order valence-electron chi connectivity index (χ0n) is 13.8. The standard InChI is InChI=1S/C16H15N5O3S2/c1-2-17-13(22)9-25-16-20-19-15(26-16)18-14(23)11-8-12(24-21-11)10-6-4-3-5-7-10/h3-8H,2,9H2,1H3,(H,17,22)(H,18,19,23). The summed E-state index contributed by atoms with van der Waals surface area (Å²) in [4.78, 5) is 23.7. The SMILES string of the molecule is CCNC(=O)CSc1nnc(NC(=O)c2cc(-c3ccccc3)on2)s1. The maximum absolute atomic E-state index is 12.3. The average molecular weight is 389 g/mol. The molecule has 2 aromatic heterocycles. The molecule has 0 fully saturated rings. The predicted octanol–water partition coefficient (Wildman–Crippen LogP) is 2.67. The van der Waals surface area contributed by atoms with Crippen molar-refractivity contribution in [3.05, 3.63) is 42.1 Å². The molecule has 0 saturated carbocycles. The third-order valence-corrected chi connectivity index (χ3v) is 5.10. The third-order valence-electron chi connectivity index (χ3n) is 3.13. The van der Waals surface area contributed by atoms with Gasteiger partial charge >= 0.3 is 0 Å². The summed E-state index contributed by atoms with van der Waals surface area (Å²) in [5.41, 5.74) is 0.981. The molecule has 1 aromatic carbocycles. The van der Waals surface area contributed by atoms with Gasteiger partial charge in [0.1, 0.15) is 0 Å². The molecular weight excluding hydrogens is 374 g/mol. The number of hydrogen-bond donors (Lipinski definition) is 2. The van der Waals surface area contributed by atoms with E-state index in [-0.39, 0.29) is 17.4 Å². The molecule has 0 aliphatic rings. The molecule has 2 heterocycles. The Morgan fingerprint density at radius 1 is 1.23 bits per heavy atom. The molecular formula is C16H15N5O3S2. The summed E-state index contributed by atoms with van der Waals surface area (Å²) in [5, 5.41) is 17.3. The van der Waals surface area contributed by atoms with Crippen LogP contribution in [0.1, 0.15) is 17.4 Å². The number of nitrogens with zero attached hydrogens (tertiary/aromatic N) is 3. The number of carbonyl (C=O) groups is 2. The largest absolute Gasteiger partial charge is 0.356 e. The molecule has 0 spiro atoms. The fourth-order valence-electron chi connectivity index (χ4n) is 1.98. The highest BCUT2D eigenvalue weighted by Gasteiger charge is 2.16. The van der Waals surface area contributed by atoms with Gasteiger partial charge in [0.2, 0.25) is 11.0 Å². The maximum atomic E-state index is 12.3. The van der Waals surface area contributed by atoms with E-state index in [1.807, 2.05) is 37.3 Å². The molecule has 0 radical (unpaired) electrons. The van der Waals surface area contributed by atoms with E-state index in [4.69, 9.17) is 4.52 Å². The van der Waals surface area contributed by atoms with Crippen molar-refractivity contribution in [1.82, 2.24) is 20.7 Å². The van der Waals surface area contributed by atoms with E-state index in [1.165, 1.54) is 23.1 Å². The average Bonchev–Trinajstić information content (AvgIpc) is 3.31. The van der Waals surface area contributed by atoms with Crippen molar-refractivity contribution >= 4 is 40.0 Å². The van der Waals surface area contributed by atoms with Crippen LogP contribution >= 0.6 is 23.1 Å². The Bertz CT molecular complexity index is 894. The Morgan fingerprint density at radius 3 is 2.81 bits per heavy atom. The first kappa shape index (κ1) is 18.1. The molecule has 26 heavy (non-hydrogen) atoms. The Balaban J connectivity index is 1.59. The second kappa shape index (κ2) is 8.59. The number of benzene rings is 1. The van der Waals surface area contributed by atoms with Gasteiger partial charge in [0.25, 0.3) is 5.91 Å². The van der Waals surface area contributed by atoms with E-state index >= 15 is 0 Å². The van der Waals surface area contributed by atoms with Crippen molar-refractivity contribution in [2.24, 2.45) is 0 Å². The number of anilines is 1. The van der Waals surface area contributed by atoms with Crippen LogP contribution in [0.2, 0.25) is 0 Å². The minimum Gasteiger partial charge on any atom is -0.356 e. The highest BCUT2D eigenvalue weighted by molar-refractivity contribution is 8.01. The normalized spacial score (nSPS) is 10.5. The third kappa shape index (κ3) is 4.67. The van der Waals surface area contributed by atoms with Crippen molar-refractivity contribution in [1.29, 1.82) is 0 Å². The van der Waals surface area contributed by atoms with Crippen LogP contribution in [0.3, 0.4) is 0 Å². The van der Waals surface area contributed by atoms with Crippen LogP contribution in [-0.4, -0.2) is 39.5 Å². The van der Waals surface area contributed by atoms with Crippen LogP contribution in [0.4, 0.5) is 5.13 Å². The number of nitrogens with one attached hydrogen (secondary N) is 2. The minimum atomic E-state index is -0.438. The van der Waals surface area contributed by atoms with Gasteiger partial charge in [0.15, 0.2) is 15.8 Å². The van der Waals surface area contributed by atoms with E-state index in [0.717, 1.165) is 5.56 Å². The molecule has 8 nitrogen and oxygen atoms in total. The van der Waals surface area contributed by atoms with Gasteiger partial charge in [-0.25, -0.2) is 0 Å². The quantitative estimate of drug-likeness (QED) is 0.472. The molecule has 0 aliphatic carbocycles. The predicted molar refractivity (Wildman–Crippen MR) is 99.2 cm³/mol. The summed E-state index contributed by atoms with van der Waals surface area (Å²) >= 11 is 2.45. The molecule has 0 unspecified atom stereocenters. The number of rotatable bonds is 7. The number of carbonyl (C=O) groups excluding carboxylic acids is 2. The lowest BCUT2D eigenvalue weighted by Gasteiger charge is -1.98. The van der Waals surface area contributed by atoms with E-state index in [9.17, 15) is 9.59 Å². The van der Waals surface area contributed by atoms with Crippen LogP contribution in [0.25, 0.3) is 11.3 Å². The Morgan fingerprint density at radius 2 is 2.04 bits per heavy atom. The molecule has 2 N–H and O–H groups in total. The smallest absolute Gasteiger partial charge is 0.279 e. The van der Waals surface area contributed by atoms with Crippen LogP contribution < -0.4 is 10.6 Å². The first-order chi connectivity index (χ1) is 12.7. The zero-order chi connectivity index (χ0) is 18.4. The Hall–Kier alpha value is -2.72. The van der Waals surface area contributed by atoms with Gasteiger partial charge in [0, 0.05) is 18.2 Å². The van der Waals surface area contributed by atoms with Crippen LogP contribution in [0, 0.1) is 0 Å². The van der Waals surface area contributed by atoms with E-state index < -0.39 is 5.91 Å². The summed E-state index contributed by atoms with van der Waals surface area (Å²) in [6, 6.07) is 10.9. The number of amides is 2. The first-order valence-corrected chi connectivity index (χ1v) is 9.52. The number of hydrogen-bond acceptors (Lipinski definition) is 8. The minimum absolute atomic E-state index is 0.0747. The van der Waals surface area contributed by atoms with Crippen LogP contribution in [-0.2, 0) is 4.79 Å². The van der Waals surface area contributed by atoms with Crippen molar-refractivity contribution in [2.45, 2.75) is 11.3 Å². The molecule has 0 atom stereocenters. The first-order valence-electron chi connectivity index (χ1n) is 7.72. The van der Waals surface area contributed by atoms with Crippen molar-refractivity contribution in [3.63, 3.8) is 0 Å². The molecule has 3 aromatic rings. The van der Waals surface area contributed by atoms with Crippen molar-refractivity contribution in [3.8, 4) is 11.3 Å².